The van der Waals surface area contributed by atoms with Crippen LogP contribution in [0.4, 0.5) is 4.39 Å². The van der Waals surface area contributed by atoms with Gasteiger partial charge in [-0.2, -0.15) is 0 Å². The molecule has 1 aromatic rings. The second kappa shape index (κ2) is 7.60. The van der Waals surface area contributed by atoms with Gasteiger partial charge in [0, 0.05) is 49.9 Å². The predicted molar refractivity (Wildman–Crippen MR) is 88.9 cm³/mol. The lowest BCUT2D eigenvalue weighted by atomic mass is 9.95. The maximum atomic E-state index is 14.0. The number of nitrogens with one attached hydrogen (secondary N) is 1. The first-order valence-electron chi connectivity index (χ1n) is 8.29. The summed E-state index contributed by atoms with van der Waals surface area (Å²) in [4.78, 5) is 16.8. The summed E-state index contributed by atoms with van der Waals surface area (Å²) < 4.78 is 14.0. The number of nitrogens with zero attached hydrogens (tertiary/aromatic N) is 2. The van der Waals surface area contributed by atoms with E-state index in [2.05, 4.69) is 10.2 Å². The minimum absolute atomic E-state index is 0.0391. The van der Waals surface area contributed by atoms with E-state index in [1.165, 1.54) is 6.07 Å². The summed E-state index contributed by atoms with van der Waals surface area (Å²) >= 11 is 5.80. The second-order valence-corrected chi connectivity index (χ2v) is 6.82. The minimum Gasteiger partial charge on any atom is -0.340 e. The number of piperidine rings is 1. The summed E-state index contributed by atoms with van der Waals surface area (Å²) in [7, 11) is 0. The zero-order valence-corrected chi connectivity index (χ0v) is 14.0. The highest BCUT2D eigenvalue weighted by Gasteiger charge is 2.30. The molecule has 2 aliphatic rings. The Kier molecular flexibility index (Phi) is 5.51. The van der Waals surface area contributed by atoms with E-state index in [1.807, 2.05) is 4.90 Å². The number of hydrogen-bond donors (Lipinski definition) is 1. The smallest absolute Gasteiger partial charge is 0.227 e. The molecule has 0 bridgehead atoms. The summed E-state index contributed by atoms with van der Waals surface area (Å²) in [5, 5.41) is 3.68. The molecule has 0 saturated carbocycles. The molecular weight excluding hydrogens is 317 g/mol. The number of piperazine rings is 1. The highest BCUT2D eigenvalue weighted by Crippen LogP contribution is 2.22. The average Bonchev–Trinajstić information content (AvgIpc) is 2.58. The van der Waals surface area contributed by atoms with Gasteiger partial charge in [-0.15, -0.1) is 0 Å². The number of rotatable bonds is 3. The van der Waals surface area contributed by atoms with Crippen molar-refractivity contribution in [1.82, 2.24) is 15.1 Å². The third kappa shape index (κ3) is 4.22. The van der Waals surface area contributed by atoms with Gasteiger partial charge in [0.1, 0.15) is 5.82 Å². The summed E-state index contributed by atoms with van der Waals surface area (Å²) in [5.41, 5.74) is 0.643. The van der Waals surface area contributed by atoms with Gasteiger partial charge in [0.15, 0.2) is 0 Å². The zero-order chi connectivity index (χ0) is 16.2. The molecule has 0 spiro atoms. The van der Waals surface area contributed by atoms with Crippen molar-refractivity contribution in [3.05, 3.63) is 34.6 Å². The molecule has 3 rings (SSSR count). The van der Waals surface area contributed by atoms with E-state index in [0.29, 0.717) is 23.7 Å². The van der Waals surface area contributed by atoms with E-state index in [1.54, 1.807) is 12.1 Å². The third-order valence-corrected chi connectivity index (χ3v) is 4.93. The van der Waals surface area contributed by atoms with Crippen LogP contribution in [-0.2, 0) is 11.3 Å². The second-order valence-electron chi connectivity index (χ2n) is 6.39. The van der Waals surface area contributed by atoms with Gasteiger partial charge in [-0.1, -0.05) is 17.7 Å². The van der Waals surface area contributed by atoms with Crippen molar-refractivity contribution in [2.45, 2.75) is 19.4 Å². The topological polar surface area (TPSA) is 35.6 Å². The Morgan fingerprint density at radius 3 is 2.83 bits per heavy atom. The Labute approximate surface area is 141 Å². The lowest BCUT2D eigenvalue weighted by Gasteiger charge is -2.36. The minimum atomic E-state index is -0.270. The van der Waals surface area contributed by atoms with Gasteiger partial charge in [-0.25, -0.2) is 4.39 Å². The molecular formula is C17H23ClFN3O. The standard InChI is InChI=1S/C17H23ClFN3O/c18-15-4-3-13(16(19)10-15)11-21-7-1-2-14(12-21)17(23)22-8-5-20-6-9-22/h3-4,10,14,20H,1-2,5-9,11-12H2. The highest BCUT2D eigenvalue weighted by molar-refractivity contribution is 6.30. The van der Waals surface area contributed by atoms with Gasteiger partial charge in [-0.05, 0) is 31.5 Å². The molecule has 4 nitrogen and oxygen atoms in total. The molecule has 23 heavy (non-hydrogen) atoms. The van der Waals surface area contributed by atoms with Gasteiger partial charge >= 0.3 is 0 Å². The summed E-state index contributed by atoms with van der Waals surface area (Å²) in [5.74, 6) is 0.0260. The van der Waals surface area contributed by atoms with E-state index in [0.717, 1.165) is 45.6 Å². The van der Waals surface area contributed by atoms with E-state index in [4.69, 9.17) is 11.6 Å². The molecule has 1 N–H and O–H groups in total. The highest BCUT2D eigenvalue weighted by atomic mass is 35.5. The number of halogens is 2. The van der Waals surface area contributed by atoms with Gasteiger partial charge < -0.3 is 10.2 Å². The van der Waals surface area contributed by atoms with Crippen LogP contribution in [0.2, 0.25) is 5.02 Å². The van der Waals surface area contributed by atoms with Crippen LogP contribution in [0.5, 0.6) is 0 Å². The van der Waals surface area contributed by atoms with Crippen LogP contribution >= 0.6 is 11.6 Å². The number of likely N-dealkylation sites (tertiary alicyclic amines) is 1. The van der Waals surface area contributed by atoms with Crippen LogP contribution in [0.15, 0.2) is 18.2 Å². The lowest BCUT2D eigenvalue weighted by Crippen LogP contribution is -2.51. The Hall–Kier alpha value is -1.17. The third-order valence-electron chi connectivity index (χ3n) is 4.69. The Morgan fingerprint density at radius 2 is 2.09 bits per heavy atom. The Morgan fingerprint density at radius 1 is 1.30 bits per heavy atom. The largest absolute Gasteiger partial charge is 0.340 e. The molecule has 2 fully saturated rings. The van der Waals surface area contributed by atoms with Gasteiger partial charge in [0.25, 0.3) is 0 Å². The molecule has 2 aliphatic heterocycles. The fraction of sp³-hybridized carbons (Fsp3) is 0.588. The Balaban J connectivity index is 1.60. The fourth-order valence-corrected chi connectivity index (χ4v) is 3.59. The molecule has 1 atom stereocenters. The molecule has 2 saturated heterocycles. The van der Waals surface area contributed by atoms with E-state index < -0.39 is 0 Å². The van der Waals surface area contributed by atoms with Crippen molar-refractivity contribution >= 4 is 17.5 Å². The number of benzene rings is 1. The van der Waals surface area contributed by atoms with Crippen molar-refractivity contribution < 1.29 is 9.18 Å². The molecule has 1 unspecified atom stereocenters. The molecule has 1 aromatic carbocycles. The van der Waals surface area contributed by atoms with Crippen molar-refractivity contribution in [3.63, 3.8) is 0 Å². The van der Waals surface area contributed by atoms with Crippen LogP contribution in [0, 0.1) is 11.7 Å². The van der Waals surface area contributed by atoms with E-state index in [9.17, 15) is 9.18 Å². The van der Waals surface area contributed by atoms with Crippen LogP contribution in [0.1, 0.15) is 18.4 Å². The van der Waals surface area contributed by atoms with Crippen LogP contribution in [0.25, 0.3) is 0 Å². The molecule has 0 aliphatic carbocycles. The number of carbonyl (C=O) groups excluding carboxylic acids is 1. The van der Waals surface area contributed by atoms with E-state index in [-0.39, 0.29) is 17.6 Å². The summed E-state index contributed by atoms with van der Waals surface area (Å²) in [6.07, 6.45) is 1.92. The molecule has 126 valence electrons. The van der Waals surface area contributed by atoms with Crippen LogP contribution in [-0.4, -0.2) is 55.0 Å². The molecule has 0 aromatic heterocycles. The maximum absolute atomic E-state index is 14.0. The quantitative estimate of drug-likeness (QED) is 0.916. The van der Waals surface area contributed by atoms with Gasteiger partial charge in [0.05, 0.1) is 5.92 Å². The van der Waals surface area contributed by atoms with Crippen molar-refractivity contribution in [2.24, 2.45) is 5.92 Å². The predicted octanol–water partition coefficient (Wildman–Crippen LogP) is 2.12. The van der Waals surface area contributed by atoms with Crippen LogP contribution < -0.4 is 5.32 Å². The monoisotopic (exact) mass is 339 g/mol. The fourth-order valence-electron chi connectivity index (χ4n) is 3.43. The number of amides is 1. The van der Waals surface area contributed by atoms with Crippen molar-refractivity contribution in [2.75, 3.05) is 39.3 Å². The van der Waals surface area contributed by atoms with Crippen molar-refractivity contribution in [1.29, 1.82) is 0 Å². The summed E-state index contributed by atoms with van der Waals surface area (Å²) in [6, 6.07) is 4.80. The SMILES string of the molecule is O=C(C1CCCN(Cc2ccc(Cl)cc2F)C1)N1CCNCC1. The maximum Gasteiger partial charge on any atom is 0.227 e. The van der Waals surface area contributed by atoms with E-state index >= 15 is 0 Å². The van der Waals surface area contributed by atoms with Crippen molar-refractivity contribution in [3.8, 4) is 0 Å². The number of carbonyl (C=O) groups is 1. The molecule has 6 heteroatoms. The molecule has 0 radical (unpaired) electrons. The normalized spacial score (nSPS) is 23.0. The lowest BCUT2D eigenvalue weighted by molar-refractivity contribution is -0.138. The Bertz CT molecular complexity index is 563. The average molecular weight is 340 g/mol. The number of hydrogen-bond acceptors (Lipinski definition) is 3. The first-order valence-corrected chi connectivity index (χ1v) is 8.67. The first kappa shape index (κ1) is 16.7. The molecule has 1 amide bonds. The van der Waals surface area contributed by atoms with Crippen LogP contribution in [0.3, 0.4) is 0 Å². The van der Waals surface area contributed by atoms with Gasteiger partial charge in [0.2, 0.25) is 5.91 Å². The summed E-state index contributed by atoms with van der Waals surface area (Å²) in [6.45, 7) is 5.49. The zero-order valence-electron chi connectivity index (χ0n) is 13.2. The molecule has 2 heterocycles. The first-order chi connectivity index (χ1) is 11.1. The van der Waals surface area contributed by atoms with Gasteiger partial charge in [-0.3, -0.25) is 9.69 Å².